The van der Waals surface area contributed by atoms with Crippen LogP contribution in [0.1, 0.15) is 0 Å². The maximum atomic E-state index is 11.5. The molecule has 0 heterocycles. The van der Waals surface area contributed by atoms with Gasteiger partial charge in [-0.2, -0.15) is 0 Å². The zero-order chi connectivity index (χ0) is 12.3. The summed E-state index contributed by atoms with van der Waals surface area (Å²) in [5.41, 5.74) is 0. The van der Waals surface area contributed by atoms with Gasteiger partial charge in [0.2, 0.25) is 8.32 Å². The third-order valence-electron chi connectivity index (χ3n) is 1.25. The minimum Gasteiger partial charge on any atom is -0.417 e. The molecule has 0 N–H and O–H groups in total. The quantitative estimate of drug-likeness (QED) is 0.693. The molecule has 0 saturated heterocycles. The topological polar surface area (TPSA) is 52.6 Å². The number of hydrogen-bond donors (Lipinski definition) is 0. The van der Waals surface area contributed by atoms with Gasteiger partial charge in [0, 0.05) is 0 Å². The SMILES string of the molecule is C[Si](C)(C)OCCS(=O)(=O)O[Si](C)(C)C. The van der Waals surface area contributed by atoms with E-state index in [1.54, 1.807) is 0 Å². The Bertz CT molecular complexity index is 287. The molecule has 0 saturated carbocycles. The van der Waals surface area contributed by atoms with Crippen molar-refractivity contribution in [1.29, 1.82) is 0 Å². The summed E-state index contributed by atoms with van der Waals surface area (Å²) in [6.45, 7) is 11.9. The van der Waals surface area contributed by atoms with Crippen molar-refractivity contribution in [1.82, 2.24) is 0 Å². The van der Waals surface area contributed by atoms with Crippen LogP contribution in [0.2, 0.25) is 39.3 Å². The lowest BCUT2D eigenvalue weighted by Crippen LogP contribution is -2.33. The van der Waals surface area contributed by atoms with E-state index in [9.17, 15) is 8.42 Å². The van der Waals surface area contributed by atoms with Gasteiger partial charge < -0.3 is 8.30 Å². The zero-order valence-electron chi connectivity index (χ0n) is 10.5. The average Bonchev–Trinajstić information content (AvgIpc) is 1.75. The summed E-state index contributed by atoms with van der Waals surface area (Å²) in [5, 5.41) is 0. The summed E-state index contributed by atoms with van der Waals surface area (Å²) in [5.74, 6) is -0.0401. The highest BCUT2D eigenvalue weighted by Gasteiger charge is 2.24. The third kappa shape index (κ3) is 10.6. The van der Waals surface area contributed by atoms with Gasteiger partial charge in [-0.15, -0.1) is 0 Å². The second kappa shape index (κ2) is 5.09. The molecule has 0 atom stereocenters. The maximum Gasteiger partial charge on any atom is 0.260 e. The Hall–Kier alpha value is 0.304. The van der Waals surface area contributed by atoms with Crippen molar-refractivity contribution in [3.05, 3.63) is 0 Å². The second-order valence-electron chi connectivity index (χ2n) is 5.42. The van der Waals surface area contributed by atoms with E-state index in [1.165, 1.54) is 0 Å². The summed E-state index contributed by atoms with van der Waals surface area (Å²) in [4.78, 5) is 0. The van der Waals surface area contributed by atoms with Crippen molar-refractivity contribution in [3.8, 4) is 0 Å². The first-order valence-corrected chi connectivity index (χ1v) is 13.4. The normalized spacial score (nSPS) is 14.3. The largest absolute Gasteiger partial charge is 0.417 e. The molecule has 0 aliphatic carbocycles. The van der Waals surface area contributed by atoms with Gasteiger partial charge in [0.05, 0.1) is 12.4 Å². The molecular weight excluding hydrogens is 248 g/mol. The molecular formula is C8H22O4SSi2. The fraction of sp³-hybridized carbons (Fsp3) is 1.00. The van der Waals surface area contributed by atoms with Gasteiger partial charge >= 0.3 is 0 Å². The molecule has 0 amide bonds. The van der Waals surface area contributed by atoms with E-state index in [1.807, 2.05) is 39.3 Å². The highest BCUT2D eigenvalue weighted by atomic mass is 32.2. The smallest absolute Gasteiger partial charge is 0.260 e. The first kappa shape index (κ1) is 15.3. The Kier molecular flexibility index (Phi) is 5.19. The van der Waals surface area contributed by atoms with Gasteiger partial charge in [-0.3, -0.25) is 0 Å². The van der Waals surface area contributed by atoms with E-state index in [2.05, 4.69) is 0 Å². The fourth-order valence-electron chi connectivity index (χ4n) is 0.872. The molecule has 0 aliphatic heterocycles. The molecule has 7 heteroatoms. The minimum atomic E-state index is -3.40. The van der Waals surface area contributed by atoms with Crippen molar-refractivity contribution < 1.29 is 16.7 Å². The van der Waals surface area contributed by atoms with Crippen molar-refractivity contribution in [2.75, 3.05) is 12.4 Å². The summed E-state index contributed by atoms with van der Waals surface area (Å²) >= 11 is 0. The van der Waals surface area contributed by atoms with Crippen LogP contribution in [0.3, 0.4) is 0 Å². The second-order valence-corrected chi connectivity index (χ2v) is 16.3. The molecule has 0 spiro atoms. The van der Waals surface area contributed by atoms with Crippen LogP contribution >= 0.6 is 0 Å². The maximum absolute atomic E-state index is 11.5. The predicted octanol–water partition coefficient (Wildman–Crippen LogP) is 2.02. The highest BCUT2D eigenvalue weighted by Crippen LogP contribution is 2.09. The molecule has 4 nitrogen and oxygen atoms in total. The van der Waals surface area contributed by atoms with E-state index in [0.717, 1.165) is 0 Å². The molecule has 0 aromatic heterocycles. The molecule has 0 fully saturated rings. The molecule has 0 aromatic rings. The van der Waals surface area contributed by atoms with Gasteiger partial charge in [-0.25, -0.2) is 8.42 Å². The first-order chi connectivity index (χ1) is 6.41. The van der Waals surface area contributed by atoms with E-state index in [4.69, 9.17) is 8.30 Å². The van der Waals surface area contributed by atoms with E-state index >= 15 is 0 Å². The van der Waals surface area contributed by atoms with Crippen LogP contribution in [0.25, 0.3) is 0 Å². The molecule has 0 radical (unpaired) electrons. The summed E-state index contributed by atoms with van der Waals surface area (Å²) in [6.07, 6.45) is 0. The van der Waals surface area contributed by atoms with Gasteiger partial charge in [0.1, 0.15) is 0 Å². The van der Waals surface area contributed by atoms with Crippen molar-refractivity contribution in [3.63, 3.8) is 0 Å². The Morgan fingerprint density at radius 2 is 1.40 bits per heavy atom. The van der Waals surface area contributed by atoms with E-state index in [-0.39, 0.29) is 12.4 Å². The Morgan fingerprint density at radius 1 is 0.933 bits per heavy atom. The lowest BCUT2D eigenvalue weighted by molar-refractivity contribution is 0.331. The molecule has 0 aliphatic rings. The zero-order valence-corrected chi connectivity index (χ0v) is 13.3. The summed E-state index contributed by atoms with van der Waals surface area (Å²) < 4.78 is 33.5. The van der Waals surface area contributed by atoms with E-state index in [0.29, 0.717) is 0 Å². The van der Waals surface area contributed by atoms with Crippen LogP contribution in [0.5, 0.6) is 0 Å². The lowest BCUT2D eigenvalue weighted by atomic mass is 10.9. The Morgan fingerprint density at radius 3 is 1.73 bits per heavy atom. The minimum absolute atomic E-state index is 0.0401. The van der Waals surface area contributed by atoms with E-state index < -0.39 is 26.8 Å². The monoisotopic (exact) mass is 270 g/mol. The van der Waals surface area contributed by atoms with Crippen LogP contribution in [-0.4, -0.2) is 37.4 Å². The molecule has 92 valence electrons. The lowest BCUT2D eigenvalue weighted by Gasteiger charge is -2.19. The van der Waals surface area contributed by atoms with Gasteiger partial charge in [0.15, 0.2) is 8.32 Å². The summed E-state index contributed by atoms with van der Waals surface area (Å²) in [6, 6.07) is 0. The van der Waals surface area contributed by atoms with Gasteiger partial charge in [-0.1, -0.05) is 0 Å². The first-order valence-electron chi connectivity index (χ1n) is 4.99. The van der Waals surface area contributed by atoms with Crippen molar-refractivity contribution >= 4 is 26.8 Å². The van der Waals surface area contributed by atoms with Crippen LogP contribution in [0.4, 0.5) is 0 Å². The van der Waals surface area contributed by atoms with Gasteiger partial charge in [-0.05, 0) is 39.3 Å². The standard InChI is InChI=1S/C8H22O4SSi2/c1-14(2,3)11-7-8-13(9,10)12-15(4,5)6/h7-8H2,1-6H3. The van der Waals surface area contributed by atoms with Crippen LogP contribution in [0, 0.1) is 0 Å². The van der Waals surface area contributed by atoms with Crippen LogP contribution in [-0.2, 0) is 18.4 Å². The molecule has 15 heavy (non-hydrogen) atoms. The van der Waals surface area contributed by atoms with Crippen LogP contribution in [0.15, 0.2) is 0 Å². The molecule has 0 rings (SSSR count). The Labute approximate surface area is 95.4 Å². The van der Waals surface area contributed by atoms with Crippen LogP contribution < -0.4 is 0 Å². The third-order valence-corrected chi connectivity index (χ3v) is 6.00. The molecule has 0 aromatic carbocycles. The van der Waals surface area contributed by atoms with Gasteiger partial charge in [0.25, 0.3) is 10.1 Å². The van der Waals surface area contributed by atoms with Crippen molar-refractivity contribution in [2.45, 2.75) is 39.3 Å². The van der Waals surface area contributed by atoms with Crippen molar-refractivity contribution in [2.24, 2.45) is 0 Å². The molecule has 0 unspecified atom stereocenters. The fourth-order valence-corrected chi connectivity index (χ4v) is 5.40. The predicted molar refractivity (Wildman–Crippen MR) is 67.5 cm³/mol. The number of rotatable bonds is 6. The average molecular weight is 270 g/mol. The number of hydrogen-bond acceptors (Lipinski definition) is 4. The molecule has 0 bridgehead atoms. The highest BCUT2D eigenvalue weighted by molar-refractivity contribution is 7.87. The summed E-state index contributed by atoms with van der Waals surface area (Å²) in [7, 11) is -7.05. The Balaban J connectivity index is 4.08.